The molecule has 0 aliphatic heterocycles. The van der Waals surface area contributed by atoms with Crippen molar-refractivity contribution in [2.24, 2.45) is 86.8 Å². The lowest BCUT2D eigenvalue weighted by Crippen LogP contribution is -2.39. The molecule has 0 heterocycles. The Labute approximate surface area is 507 Å². The van der Waals surface area contributed by atoms with E-state index in [0.717, 1.165) is 124 Å². The van der Waals surface area contributed by atoms with E-state index in [2.05, 4.69) is 300 Å². The van der Waals surface area contributed by atoms with Crippen molar-refractivity contribution in [2.45, 2.75) is 313 Å². The summed E-state index contributed by atoms with van der Waals surface area (Å²) in [6.45, 7) is 97.8. The summed E-state index contributed by atoms with van der Waals surface area (Å²) in [6.07, 6.45) is 6.69. The van der Waals surface area contributed by atoms with Gasteiger partial charge in [-0.15, -0.1) is 0 Å². The molecule has 7 heteroatoms. The standard InChI is InChI=1S/C10H23N.2C9H21N.C8H17N.3C8H19N.C7H16.C5H12/c1-8(2)7-11-9(3)10(4,5)6;2*1-8(2)6-10-7-9(3,4)5;1-7(2)5-9-6-8-3-4-8;1-7(2)5-9-6-8(3)4;2*1-5-8(4)9-6-7(2)3;1-6(2)7(3,4)5;1-4-5(2)3/h8-9,11H,7H2,1-6H3;2*8,10H,6-7H2,1-5H3;7-9H,3-6H2,1-2H3;3*7-9H,5-6H2,1-4H3;6H,1-5H3;5H,4H2,1-3H3/t9-;;;;;2*8-;;/m0....10../s1. The Morgan fingerprint density at radius 2 is 0.544 bits per heavy atom. The normalized spacial score (nSPS) is 13.8. The second-order valence-electron chi connectivity index (χ2n) is 32.5. The van der Waals surface area contributed by atoms with Crippen LogP contribution in [0.4, 0.5) is 0 Å². The second-order valence-corrected chi connectivity index (χ2v) is 32.5. The van der Waals surface area contributed by atoms with Crippen LogP contribution in [0.25, 0.3) is 0 Å². The van der Waals surface area contributed by atoms with Gasteiger partial charge in [0.1, 0.15) is 0 Å². The number of hydrogen-bond acceptors (Lipinski definition) is 7. The molecular formula is C72H167N7. The van der Waals surface area contributed by atoms with E-state index in [1.165, 1.54) is 45.2 Å². The summed E-state index contributed by atoms with van der Waals surface area (Å²) in [4.78, 5) is 0. The average molecular weight is 1130 g/mol. The maximum absolute atomic E-state index is 3.52. The smallest absolute Gasteiger partial charge is 0.00873 e. The highest BCUT2D eigenvalue weighted by atomic mass is 14.9. The van der Waals surface area contributed by atoms with Crippen molar-refractivity contribution in [1.82, 2.24) is 37.2 Å². The van der Waals surface area contributed by atoms with Crippen LogP contribution in [0.2, 0.25) is 0 Å². The number of rotatable bonds is 26. The third-order valence-corrected chi connectivity index (χ3v) is 12.9. The van der Waals surface area contributed by atoms with Crippen molar-refractivity contribution in [2.75, 3.05) is 72.0 Å². The molecule has 0 amide bonds. The Morgan fingerprint density at radius 1 is 0.304 bits per heavy atom. The zero-order chi connectivity index (χ0) is 64.3. The van der Waals surface area contributed by atoms with Crippen molar-refractivity contribution in [1.29, 1.82) is 0 Å². The van der Waals surface area contributed by atoms with Gasteiger partial charge in [-0.05, 0) is 205 Å². The molecule has 1 aliphatic rings. The van der Waals surface area contributed by atoms with E-state index in [9.17, 15) is 0 Å². The molecule has 490 valence electrons. The molecule has 3 atom stereocenters. The van der Waals surface area contributed by atoms with Crippen LogP contribution in [0.3, 0.4) is 0 Å². The maximum atomic E-state index is 3.52. The third kappa shape index (κ3) is 117. The first-order valence-electron chi connectivity index (χ1n) is 33.7. The fraction of sp³-hybridized carbons (Fsp3) is 1.00. The van der Waals surface area contributed by atoms with Crippen molar-refractivity contribution in [3.8, 4) is 0 Å². The lowest BCUT2D eigenvalue weighted by atomic mass is 9.84. The van der Waals surface area contributed by atoms with Gasteiger partial charge in [0.25, 0.3) is 0 Å². The van der Waals surface area contributed by atoms with Crippen LogP contribution in [0.5, 0.6) is 0 Å². The molecule has 0 bridgehead atoms. The quantitative estimate of drug-likeness (QED) is 0.0465. The van der Waals surface area contributed by atoms with Gasteiger partial charge in [0.15, 0.2) is 0 Å². The van der Waals surface area contributed by atoms with E-state index in [1.54, 1.807) is 0 Å². The summed E-state index contributed by atoms with van der Waals surface area (Å²) in [6, 6.07) is 1.98. The monoisotopic (exact) mass is 1130 g/mol. The van der Waals surface area contributed by atoms with Crippen LogP contribution in [0.1, 0.15) is 295 Å². The molecule has 7 N–H and O–H groups in total. The van der Waals surface area contributed by atoms with Crippen LogP contribution in [-0.4, -0.2) is 90.1 Å². The highest BCUT2D eigenvalue weighted by molar-refractivity contribution is 4.77. The van der Waals surface area contributed by atoms with Gasteiger partial charge in [-0.3, -0.25) is 0 Å². The van der Waals surface area contributed by atoms with E-state index in [-0.39, 0.29) is 0 Å². The van der Waals surface area contributed by atoms with Gasteiger partial charge in [-0.1, -0.05) is 249 Å². The maximum Gasteiger partial charge on any atom is 0.00873 e. The molecule has 1 saturated carbocycles. The SMILES string of the molecule is CC(C)C(C)(C)C.CC(C)CNCC(C)(C)C.CC(C)CNCC(C)(C)C.CC(C)CNCC(C)C.CC(C)CNCC1CC1.CC(C)CN[C@@H](C)C(C)(C)C.CCC(C)C.CC[C@@H](C)NCC(C)C.CC[C@H](C)NCC(C)C. The van der Waals surface area contributed by atoms with Crippen LogP contribution in [-0.2, 0) is 0 Å². The van der Waals surface area contributed by atoms with E-state index < -0.39 is 0 Å². The topological polar surface area (TPSA) is 84.2 Å². The predicted octanol–water partition coefficient (Wildman–Crippen LogP) is 19.6. The molecule has 0 spiro atoms. The van der Waals surface area contributed by atoms with Gasteiger partial charge in [0.2, 0.25) is 0 Å². The van der Waals surface area contributed by atoms with Crippen molar-refractivity contribution >= 4 is 0 Å². The minimum atomic E-state index is 0.384. The molecule has 1 rings (SSSR count). The summed E-state index contributed by atoms with van der Waals surface area (Å²) in [5, 5.41) is 24.1. The van der Waals surface area contributed by atoms with Crippen LogP contribution in [0.15, 0.2) is 0 Å². The third-order valence-electron chi connectivity index (χ3n) is 12.9. The molecule has 0 aromatic heterocycles. The average Bonchev–Trinajstić information content (AvgIpc) is 4.10. The van der Waals surface area contributed by atoms with Crippen molar-refractivity contribution in [3.05, 3.63) is 0 Å². The molecule has 7 nitrogen and oxygen atoms in total. The van der Waals surface area contributed by atoms with Crippen LogP contribution < -0.4 is 37.2 Å². The second kappa shape index (κ2) is 58.1. The largest absolute Gasteiger partial charge is 0.316 e. The summed E-state index contributed by atoms with van der Waals surface area (Å²) in [7, 11) is 0. The fourth-order valence-electron chi connectivity index (χ4n) is 4.91. The zero-order valence-electron chi connectivity index (χ0n) is 62.9. The summed E-state index contributed by atoms with van der Waals surface area (Å²) in [5.41, 5.74) is 1.73. The molecule has 79 heavy (non-hydrogen) atoms. The van der Waals surface area contributed by atoms with Gasteiger partial charge >= 0.3 is 0 Å². The van der Waals surface area contributed by atoms with Gasteiger partial charge in [-0.2, -0.15) is 0 Å². The predicted molar refractivity (Wildman–Crippen MR) is 374 cm³/mol. The van der Waals surface area contributed by atoms with Crippen molar-refractivity contribution in [3.63, 3.8) is 0 Å². The lowest BCUT2D eigenvalue weighted by Gasteiger charge is -2.28. The number of nitrogens with one attached hydrogen (secondary N) is 7. The molecular weight excluding hydrogens is 963 g/mol. The molecule has 1 aliphatic carbocycles. The molecule has 1 fully saturated rings. The van der Waals surface area contributed by atoms with E-state index >= 15 is 0 Å². The van der Waals surface area contributed by atoms with E-state index in [4.69, 9.17) is 0 Å². The minimum absolute atomic E-state index is 0.384. The Bertz CT molecular complexity index is 1060. The Morgan fingerprint density at radius 3 is 0.734 bits per heavy atom. The minimum Gasteiger partial charge on any atom is -0.316 e. The van der Waals surface area contributed by atoms with Gasteiger partial charge < -0.3 is 37.2 Å². The molecule has 0 saturated heterocycles. The first kappa shape index (κ1) is 95.1. The molecule has 0 aromatic carbocycles. The first-order chi connectivity index (χ1) is 35.6. The van der Waals surface area contributed by atoms with E-state index in [1.807, 2.05) is 0 Å². The number of hydrogen-bond donors (Lipinski definition) is 7. The highest BCUT2D eigenvalue weighted by Gasteiger charge is 2.20. The van der Waals surface area contributed by atoms with Gasteiger partial charge in [0, 0.05) is 18.1 Å². The highest BCUT2D eigenvalue weighted by Crippen LogP contribution is 2.27. The zero-order valence-corrected chi connectivity index (χ0v) is 62.9. The summed E-state index contributed by atoms with van der Waals surface area (Å²) < 4.78 is 0. The van der Waals surface area contributed by atoms with Crippen LogP contribution in [0, 0.1) is 86.8 Å². The summed E-state index contributed by atoms with van der Waals surface area (Å²) >= 11 is 0. The van der Waals surface area contributed by atoms with Gasteiger partial charge in [-0.25, -0.2) is 0 Å². The van der Waals surface area contributed by atoms with Gasteiger partial charge in [0.05, 0.1) is 0 Å². The summed E-state index contributed by atoms with van der Waals surface area (Å²) in [5.74, 6) is 8.92. The lowest BCUT2D eigenvalue weighted by molar-refractivity contribution is 0.278. The molecule has 0 radical (unpaired) electrons. The fourth-order valence-corrected chi connectivity index (χ4v) is 4.91. The van der Waals surface area contributed by atoms with Crippen LogP contribution >= 0.6 is 0 Å². The molecule has 0 unspecified atom stereocenters. The van der Waals surface area contributed by atoms with Crippen molar-refractivity contribution < 1.29 is 0 Å². The Hall–Kier alpha value is -0.280. The Balaban J connectivity index is -0.000000120. The first-order valence-corrected chi connectivity index (χ1v) is 33.7. The Kier molecular flexibility index (Phi) is 69.9. The molecule has 0 aromatic rings. The van der Waals surface area contributed by atoms with E-state index in [0.29, 0.717) is 39.8 Å².